The van der Waals surface area contributed by atoms with Crippen LogP contribution in [0.5, 0.6) is 11.5 Å². The molecule has 0 aliphatic heterocycles. The highest BCUT2D eigenvalue weighted by atomic mass is 16.5. The number of aryl methyl sites for hydroxylation is 1. The average Bonchev–Trinajstić information content (AvgIpc) is 3.20. The molecule has 0 radical (unpaired) electrons. The van der Waals surface area contributed by atoms with Crippen molar-refractivity contribution in [1.29, 1.82) is 0 Å². The normalized spacial score (nSPS) is 11.2. The van der Waals surface area contributed by atoms with E-state index in [1.54, 1.807) is 16.8 Å². The van der Waals surface area contributed by atoms with Crippen LogP contribution in [0, 0.1) is 6.92 Å². The standard InChI is InChI=1S/C27H28N4O2/c1-19-10-14-21(15-11-19)31-25(18-24(30-31)27(2,3)4)29-26(32)28-20-12-16-23(17-13-20)33-22-8-6-5-7-9-22/h5-18H,1-4H3,(H2,28,29,32). The molecule has 0 aliphatic rings. The zero-order valence-electron chi connectivity index (χ0n) is 19.3. The molecule has 0 saturated heterocycles. The first-order valence-electron chi connectivity index (χ1n) is 10.9. The molecule has 6 nitrogen and oxygen atoms in total. The number of carbonyl (C=O) groups excluding carboxylic acids is 1. The Morgan fingerprint density at radius 2 is 1.48 bits per heavy atom. The minimum absolute atomic E-state index is 0.155. The van der Waals surface area contributed by atoms with Crippen LogP contribution in [0.1, 0.15) is 32.0 Å². The van der Waals surface area contributed by atoms with Gasteiger partial charge >= 0.3 is 6.03 Å². The van der Waals surface area contributed by atoms with Gasteiger partial charge in [0.1, 0.15) is 17.3 Å². The van der Waals surface area contributed by atoms with Crippen molar-refractivity contribution in [2.45, 2.75) is 33.1 Å². The van der Waals surface area contributed by atoms with E-state index < -0.39 is 0 Å². The number of urea groups is 1. The largest absolute Gasteiger partial charge is 0.457 e. The molecular formula is C27H28N4O2. The lowest BCUT2D eigenvalue weighted by Crippen LogP contribution is -2.21. The van der Waals surface area contributed by atoms with E-state index in [0.29, 0.717) is 17.3 Å². The third kappa shape index (κ3) is 5.60. The minimum Gasteiger partial charge on any atom is -0.457 e. The van der Waals surface area contributed by atoms with Crippen LogP contribution >= 0.6 is 0 Å². The highest BCUT2D eigenvalue weighted by Gasteiger charge is 2.21. The topological polar surface area (TPSA) is 68.2 Å². The number of hydrogen-bond donors (Lipinski definition) is 2. The lowest BCUT2D eigenvalue weighted by molar-refractivity contribution is 0.262. The van der Waals surface area contributed by atoms with Gasteiger partial charge in [-0.25, -0.2) is 9.48 Å². The van der Waals surface area contributed by atoms with Gasteiger partial charge in [0.25, 0.3) is 0 Å². The predicted molar refractivity (Wildman–Crippen MR) is 133 cm³/mol. The van der Waals surface area contributed by atoms with Crippen LogP contribution in [0.4, 0.5) is 16.3 Å². The third-order valence-electron chi connectivity index (χ3n) is 5.09. The number of hydrogen-bond acceptors (Lipinski definition) is 3. The highest BCUT2D eigenvalue weighted by molar-refractivity contribution is 5.99. The molecule has 4 rings (SSSR count). The second-order valence-corrected chi connectivity index (χ2v) is 8.93. The monoisotopic (exact) mass is 440 g/mol. The fraction of sp³-hybridized carbons (Fsp3) is 0.185. The average molecular weight is 441 g/mol. The molecule has 0 fully saturated rings. The van der Waals surface area contributed by atoms with Crippen molar-refractivity contribution >= 4 is 17.5 Å². The quantitative estimate of drug-likeness (QED) is 0.354. The maximum Gasteiger partial charge on any atom is 0.324 e. The first-order valence-corrected chi connectivity index (χ1v) is 10.9. The number of amides is 2. The summed E-state index contributed by atoms with van der Waals surface area (Å²) in [5.41, 5.74) is 3.44. The van der Waals surface area contributed by atoms with Crippen molar-refractivity contribution in [3.63, 3.8) is 0 Å². The van der Waals surface area contributed by atoms with Crippen LogP contribution in [-0.4, -0.2) is 15.8 Å². The summed E-state index contributed by atoms with van der Waals surface area (Å²) in [6.07, 6.45) is 0. The molecule has 33 heavy (non-hydrogen) atoms. The number of para-hydroxylation sites is 1. The number of benzene rings is 3. The van der Waals surface area contributed by atoms with Crippen LogP contribution in [0.15, 0.2) is 84.9 Å². The van der Waals surface area contributed by atoms with Gasteiger partial charge in [0.05, 0.1) is 11.4 Å². The Kier molecular flexibility index (Phi) is 6.18. The molecule has 0 unspecified atom stereocenters. The molecule has 1 heterocycles. The van der Waals surface area contributed by atoms with E-state index >= 15 is 0 Å². The number of aromatic nitrogens is 2. The summed E-state index contributed by atoms with van der Waals surface area (Å²) in [4.78, 5) is 12.8. The highest BCUT2D eigenvalue weighted by Crippen LogP contribution is 2.27. The van der Waals surface area contributed by atoms with Crippen molar-refractivity contribution in [3.8, 4) is 17.2 Å². The summed E-state index contributed by atoms with van der Waals surface area (Å²) in [6.45, 7) is 8.32. The fourth-order valence-corrected chi connectivity index (χ4v) is 3.23. The Labute approximate surface area is 194 Å². The van der Waals surface area contributed by atoms with Gasteiger partial charge in [-0.05, 0) is 55.5 Å². The lowest BCUT2D eigenvalue weighted by atomic mass is 9.92. The number of rotatable bonds is 5. The maximum absolute atomic E-state index is 12.8. The third-order valence-corrected chi connectivity index (χ3v) is 5.09. The predicted octanol–water partition coefficient (Wildman–Crippen LogP) is 6.91. The van der Waals surface area contributed by atoms with Gasteiger partial charge in [-0.2, -0.15) is 5.10 Å². The van der Waals surface area contributed by atoms with E-state index in [9.17, 15) is 4.79 Å². The first kappa shape index (κ1) is 22.1. The molecule has 2 N–H and O–H groups in total. The van der Waals surface area contributed by atoms with Gasteiger partial charge in [0.2, 0.25) is 0 Å². The molecule has 4 aromatic rings. The zero-order valence-corrected chi connectivity index (χ0v) is 19.3. The van der Waals surface area contributed by atoms with Gasteiger partial charge in [-0.3, -0.25) is 5.32 Å². The second-order valence-electron chi connectivity index (χ2n) is 8.93. The summed E-state index contributed by atoms with van der Waals surface area (Å²) in [5, 5.41) is 10.6. The van der Waals surface area contributed by atoms with Crippen molar-refractivity contribution in [2.75, 3.05) is 10.6 Å². The van der Waals surface area contributed by atoms with Crippen molar-refractivity contribution in [2.24, 2.45) is 0 Å². The summed E-state index contributed by atoms with van der Waals surface area (Å²) in [5.74, 6) is 2.06. The number of carbonyl (C=O) groups is 1. The molecule has 0 spiro atoms. The summed E-state index contributed by atoms with van der Waals surface area (Å²) >= 11 is 0. The molecule has 0 atom stereocenters. The van der Waals surface area contributed by atoms with Crippen molar-refractivity contribution < 1.29 is 9.53 Å². The van der Waals surface area contributed by atoms with E-state index in [-0.39, 0.29) is 11.4 Å². The minimum atomic E-state index is -0.347. The Hall–Kier alpha value is -4.06. The van der Waals surface area contributed by atoms with E-state index in [2.05, 4.69) is 31.4 Å². The Bertz CT molecular complexity index is 1220. The summed E-state index contributed by atoms with van der Waals surface area (Å²) < 4.78 is 7.56. The van der Waals surface area contributed by atoms with Crippen LogP contribution in [0.25, 0.3) is 5.69 Å². The molecule has 2 amide bonds. The molecule has 3 aromatic carbocycles. The van der Waals surface area contributed by atoms with Gasteiger partial charge in [-0.1, -0.05) is 56.7 Å². The molecule has 6 heteroatoms. The van der Waals surface area contributed by atoms with Crippen molar-refractivity contribution in [3.05, 3.63) is 96.2 Å². The number of anilines is 2. The van der Waals surface area contributed by atoms with Crippen LogP contribution < -0.4 is 15.4 Å². The van der Waals surface area contributed by atoms with E-state index in [4.69, 9.17) is 9.84 Å². The Morgan fingerprint density at radius 3 is 2.12 bits per heavy atom. The summed E-state index contributed by atoms with van der Waals surface area (Å²) in [6, 6.07) is 26.4. The lowest BCUT2D eigenvalue weighted by Gasteiger charge is -2.14. The Morgan fingerprint density at radius 1 is 0.848 bits per heavy atom. The second kappa shape index (κ2) is 9.20. The smallest absolute Gasteiger partial charge is 0.324 e. The summed E-state index contributed by atoms with van der Waals surface area (Å²) in [7, 11) is 0. The number of nitrogens with one attached hydrogen (secondary N) is 2. The van der Waals surface area contributed by atoms with E-state index in [1.165, 1.54) is 0 Å². The van der Waals surface area contributed by atoms with Crippen molar-refractivity contribution in [1.82, 2.24) is 9.78 Å². The van der Waals surface area contributed by atoms with E-state index in [1.807, 2.05) is 79.7 Å². The zero-order chi connectivity index (χ0) is 23.4. The van der Waals surface area contributed by atoms with Crippen LogP contribution in [0.2, 0.25) is 0 Å². The van der Waals surface area contributed by atoms with Gasteiger partial charge in [0.15, 0.2) is 0 Å². The molecule has 168 valence electrons. The van der Waals surface area contributed by atoms with Gasteiger partial charge in [0, 0.05) is 17.2 Å². The van der Waals surface area contributed by atoms with E-state index in [0.717, 1.165) is 22.7 Å². The van der Waals surface area contributed by atoms with Crippen LogP contribution in [-0.2, 0) is 5.41 Å². The number of nitrogens with zero attached hydrogens (tertiary/aromatic N) is 2. The molecule has 0 bridgehead atoms. The van der Waals surface area contributed by atoms with Gasteiger partial charge in [-0.15, -0.1) is 0 Å². The first-order chi connectivity index (χ1) is 15.8. The maximum atomic E-state index is 12.8. The molecule has 0 aliphatic carbocycles. The van der Waals surface area contributed by atoms with Crippen LogP contribution in [0.3, 0.4) is 0 Å². The Balaban J connectivity index is 1.48. The number of ether oxygens (including phenoxy) is 1. The SMILES string of the molecule is Cc1ccc(-n2nc(C(C)(C)C)cc2NC(=O)Nc2ccc(Oc3ccccc3)cc2)cc1. The molecular weight excluding hydrogens is 412 g/mol. The molecule has 1 aromatic heterocycles. The van der Waals surface area contributed by atoms with Gasteiger partial charge < -0.3 is 10.1 Å². The molecule has 0 saturated carbocycles. The fourth-order valence-electron chi connectivity index (χ4n) is 3.23.